The van der Waals surface area contributed by atoms with Crippen LogP contribution < -0.4 is 0 Å². The molecular weight excluding hydrogens is 176 g/mol. The van der Waals surface area contributed by atoms with Gasteiger partial charge in [-0.25, -0.2) is 0 Å². The Morgan fingerprint density at radius 2 is 1.57 bits per heavy atom. The fraction of sp³-hybridized carbons (Fsp3) is 1.00. The summed E-state index contributed by atoms with van der Waals surface area (Å²) in [5.74, 6) is 0. The average molecular weight is 202 g/mol. The molecule has 0 heterocycles. The monoisotopic (exact) mass is 202 g/mol. The van der Waals surface area contributed by atoms with Crippen LogP contribution in [0.5, 0.6) is 0 Å². The highest BCUT2D eigenvalue weighted by Crippen LogP contribution is 2.28. The highest BCUT2D eigenvalue weighted by atomic mass is 16.5. The molecule has 0 rings (SSSR count). The van der Waals surface area contributed by atoms with Gasteiger partial charge in [0, 0.05) is 6.61 Å². The molecule has 0 spiro atoms. The molecule has 0 saturated carbocycles. The van der Waals surface area contributed by atoms with Gasteiger partial charge in [-0.15, -0.1) is 0 Å². The molecule has 0 aliphatic heterocycles. The largest absolute Gasteiger partial charge is 0.390 e. The van der Waals surface area contributed by atoms with Crippen LogP contribution >= 0.6 is 0 Å². The third-order valence-corrected chi connectivity index (χ3v) is 2.70. The quantitative estimate of drug-likeness (QED) is 0.655. The summed E-state index contributed by atoms with van der Waals surface area (Å²) in [7, 11) is 0. The van der Waals surface area contributed by atoms with Crippen LogP contribution in [0.1, 0.15) is 59.8 Å². The Bertz CT molecular complexity index is 126. The van der Waals surface area contributed by atoms with Crippen molar-refractivity contribution in [3.8, 4) is 0 Å². The maximum absolute atomic E-state index is 9.83. The Hall–Kier alpha value is -0.0800. The maximum atomic E-state index is 9.83. The van der Waals surface area contributed by atoms with Gasteiger partial charge < -0.3 is 9.84 Å². The molecule has 0 aliphatic carbocycles. The third kappa shape index (κ3) is 3.97. The average Bonchev–Trinajstić information content (AvgIpc) is 2.14. The van der Waals surface area contributed by atoms with Gasteiger partial charge in [-0.1, -0.05) is 33.6 Å². The first kappa shape index (κ1) is 13.9. The molecule has 14 heavy (non-hydrogen) atoms. The zero-order valence-corrected chi connectivity index (χ0v) is 10.2. The first-order valence-corrected chi connectivity index (χ1v) is 5.95. The summed E-state index contributed by atoms with van der Waals surface area (Å²) >= 11 is 0. The molecule has 0 aromatic carbocycles. The zero-order valence-electron chi connectivity index (χ0n) is 10.2. The predicted molar refractivity (Wildman–Crippen MR) is 60.5 cm³/mol. The fourth-order valence-electron chi connectivity index (χ4n) is 1.96. The molecule has 0 amide bonds. The van der Waals surface area contributed by atoms with E-state index >= 15 is 0 Å². The van der Waals surface area contributed by atoms with E-state index < -0.39 is 0 Å². The summed E-state index contributed by atoms with van der Waals surface area (Å²) in [5.41, 5.74) is -0.292. The van der Waals surface area contributed by atoms with Gasteiger partial charge in [-0.3, -0.25) is 0 Å². The molecule has 1 N–H and O–H groups in total. The second kappa shape index (κ2) is 7.24. The lowest BCUT2D eigenvalue weighted by Gasteiger charge is -2.36. The van der Waals surface area contributed by atoms with Gasteiger partial charge in [0.1, 0.15) is 0 Å². The van der Waals surface area contributed by atoms with Crippen molar-refractivity contribution in [2.75, 3.05) is 6.61 Å². The minimum absolute atomic E-state index is 0.292. The summed E-state index contributed by atoms with van der Waals surface area (Å²) in [4.78, 5) is 0. The zero-order chi connectivity index (χ0) is 11.0. The predicted octanol–water partition coefficient (Wildman–Crippen LogP) is 3.13. The van der Waals surface area contributed by atoms with Gasteiger partial charge in [0.05, 0.1) is 11.7 Å². The van der Waals surface area contributed by atoms with E-state index in [0.717, 1.165) is 38.7 Å². The Kier molecular flexibility index (Phi) is 7.20. The van der Waals surface area contributed by atoms with Crippen LogP contribution in [0.4, 0.5) is 0 Å². The van der Waals surface area contributed by atoms with E-state index in [9.17, 15) is 5.11 Å². The minimum Gasteiger partial charge on any atom is -0.390 e. The van der Waals surface area contributed by atoms with Crippen molar-refractivity contribution >= 4 is 0 Å². The summed E-state index contributed by atoms with van der Waals surface area (Å²) in [6.45, 7) is 8.99. The van der Waals surface area contributed by atoms with Gasteiger partial charge in [-0.05, 0) is 26.2 Å². The molecule has 2 heteroatoms. The van der Waals surface area contributed by atoms with Crippen molar-refractivity contribution in [1.29, 1.82) is 0 Å². The Morgan fingerprint density at radius 3 is 1.86 bits per heavy atom. The number of aliphatic hydroxyl groups excluding tert-OH is 1. The van der Waals surface area contributed by atoms with E-state index in [1.165, 1.54) is 0 Å². The lowest BCUT2D eigenvalue weighted by atomic mass is 9.87. The highest BCUT2D eigenvalue weighted by Gasteiger charge is 2.34. The molecule has 0 saturated heterocycles. The van der Waals surface area contributed by atoms with E-state index in [0.29, 0.717) is 0 Å². The van der Waals surface area contributed by atoms with E-state index in [2.05, 4.69) is 20.8 Å². The van der Waals surface area contributed by atoms with E-state index in [1.807, 2.05) is 6.92 Å². The number of ether oxygens (including phenoxy) is 1. The van der Waals surface area contributed by atoms with Crippen molar-refractivity contribution in [2.24, 2.45) is 0 Å². The van der Waals surface area contributed by atoms with Crippen LogP contribution in [0.15, 0.2) is 0 Å². The van der Waals surface area contributed by atoms with Crippen molar-refractivity contribution in [3.63, 3.8) is 0 Å². The van der Waals surface area contributed by atoms with Gasteiger partial charge in [0.2, 0.25) is 0 Å². The van der Waals surface area contributed by atoms with Gasteiger partial charge in [-0.2, -0.15) is 0 Å². The Balaban J connectivity index is 4.38. The molecule has 0 aromatic heterocycles. The summed E-state index contributed by atoms with van der Waals surface area (Å²) in [5, 5.41) is 9.83. The molecule has 0 bridgehead atoms. The molecule has 1 atom stereocenters. The van der Waals surface area contributed by atoms with Crippen LogP contribution in [0.3, 0.4) is 0 Å². The smallest absolute Gasteiger partial charge is 0.0937 e. The normalized spacial score (nSPS) is 14.4. The Labute approximate surface area is 88.7 Å². The van der Waals surface area contributed by atoms with E-state index in [4.69, 9.17) is 4.74 Å². The van der Waals surface area contributed by atoms with E-state index in [-0.39, 0.29) is 11.7 Å². The standard InChI is InChI=1S/C12H26O2/c1-5-8-12(9-6-2,11(4)13)14-10-7-3/h11,13H,5-10H2,1-4H3. The van der Waals surface area contributed by atoms with Crippen LogP contribution in [-0.4, -0.2) is 23.4 Å². The second-order valence-corrected chi connectivity index (χ2v) is 4.09. The third-order valence-electron chi connectivity index (χ3n) is 2.70. The van der Waals surface area contributed by atoms with Crippen LogP contribution in [0.25, 0.3) is 0 Å². The minimum atomic E-state index is -0.367. The van der Waals surface area contributed by atoms with Crippen molar-refractivity contribution in [2.45, 2.75) is 71.5 Å². The van der Waals surface area contributed by atoms with Gasteiger partial charge >= 0.3 is 0 Å². The highest BCUT2D eigenvalue weighted by molar-refractivity contribution is 4.85. The first-order valence-electron chi connectivity index (χ1n) is 5.95. The van der Waals surface area contributed by atoms with Crippen LogP contribution in [0, 0.1) is 0 Å². The molecule has 0 aromatic rings. The number of aliphatic hydroxyl groups is 1. The molecule has 2 nitrogen and oxygen atoms in total. The van der Waals surface area contributed by atoms with Crippen LogP contribution in [-0.2, 0) is 4.74 Å². The molecule has 0 aliphatic rings. The molecule has 86 valence electrons. The number of hydrogen-bond donors (Lipinski definition) is 1. The molecule has 0 fully saturated rings. The van der Waals surface area contributed by atoms with Crippen molar-refractivity contribution in [3.05, 3.63) is 0 Å². The summed E-state index contributed by atoms with van der Waals surface area (Å²) in [6, 6.07) is 0. The SMILES string of the molecule is CCCOC(CCC)(CCC)C(C)O. The van der Waals surface area contributed by atoms with E-state index in [1.54, 1.807) is 0 Å². The number of rotatable bonds is 8. The lowest BCUT2D eigenvalue weighted by molar-refractivity contribution is -0.127. The maximum Gasteiger partial charge on any atom is 0.0937 e. The summed E-state index contributed by atoms with van der Waals surface area (Å²) < 4.78 is 5.87. The lowest BCUT2D eigenvalue weighted by Crippen LogP contribution is -2.43. The topological polar surface area (TPSA) is 29.5 Å². The van der Waals surface area contributed by atoms with Gasteiger partial charge in [0.15, 0.2) is 0 Å². The second-order valence-electron chi connectivity index (χ2n) is 4.09. The molecule has 1 unspecified atom stereocenters. The molecular formula is C12H26O2. The number of hydrogen-bond acceptors (Lipinski definition) is 2. The fourth-order valence-corrected chi connectivity index (χ4v) is 1.96. The Morgan fingerprint density at radius 1 is 1.07 bits per heavy atom. The molecule has 0 radical (unpaired) electrons. The first-order chi connectivity index (χ1) is 6.63. The summed E-state index contributed by atoms with van der Waals surface area (Å²) in [6.07, 6.45) is 4.69. The van der Waals surface area contributed by atoms with Gasteiger partial charge in [0.25, 0.3) is 0 Å². The van der Waals surface area contributed by atoms with Crippen LogP contribution in [0.2, 0.25) is 0 Å². The van der Waals surface area contributed by atoms with Crippen molar-refractivity contribution in [1.82, 2.24) is 0 Å². The van der Waals surface area contributed by atoms with Crippen molar-refractivity contribution < 1.29 is 9.84 Å².